The van der Waals surface area contributed by atoms with Crippen molar-refractivity contribution in [2.45, 2.75) is 5.30 Å². The van der Waals surface area contributed by atoms with Crippen LogP contribution in [0.25, 0.3) is 0 Å². The molecule has 0 unspecified atom stereocenters. The molecule has 2 radical (unpaired) electrons. The van der Waals surface area contributed by atoms with Crippen LogP contribution in [-0.2, 0) is 9.13 Å². The van der Waals surface area contributed by atoms with Gasteiger partial charge in [-0.25, -0.2) is 0 Å². The predicted molar refractivity (Wildman–Crippen MR) is 33.6 cm³/mol. The van der Waals surface area contributed by atoms with E-state index in [1.807, 2.05) is 0 Å². The van der Waals surface area contributed by atoms with Crippen LogP contribution in [0.5, 0.6) is 0 Å². The van der Waals surface area contributed by atoms with Gasteiger partial charge in [-0.05, 0) is 0 Å². The molecule has 0 rings (SSSR count). The van der Waals surface area contributed by atoms with Gasteiger partial charge < -0.3 is 19.6 Å². The summed E-state index contributed by atoms with van der Waals surface area (Å²) in [5.41, 5.74) is 0. The maximum atomic E-state index is 10.1. The van der Waals surface area contributed by atoms with E-state index in [0.29, 0.717) is 0 Å². The van der Waals surface area contributed by atoms with Crippen molar-refractivity contribution < 1.29 is 28.7 Å². The van der Waals surface area contributed by atoms with Crippen LogP contribution in [0.3, 0.4) is 0 Å². The van der Waals surface area contributed by atoms with Gasteiger partial charge in [-0.1, -0.05) is 0 Å². The van der Waals surface area contributed by atoms with Crippen LogP contribution in [0, 0.1) is 0 Å². The van der Waals surface area contributed by atoms with Crippen molar-refractivity contribution in [1.29, 1.82) is 0 Å². The molecule has 0 spiro atoms. The lowest BCUT2D eigenvalue weighted by Gasteiger charge is -2.14. The van der Waals surface area contributed by atoms with Gasteiger partial charge in [-0.15, -0.1) is 0 Å². The molecule has 0 amide bonds. The largest absolute Gasteiger partial charge is 0.331 e. The van der Waals surface area contributed by atoms with E-state index in [2.05, 4.69) is 7.85 Å². The molecule has 9 heteroatoms. The predicted octanol–water partition coefficient (Wildman–Crippen LogP) is -1.21. The lowest BCUT2D eigenvalue weighted by atomic mass is 10.2. The van der Waals surface area contributed by atoms with E-state index < -0.39 is 20.5 Å². The van der Waals surface area contributed by atoms with Crippen LogP contribution < -0.4 is 0 Å². The fourth-order valence-corrected chi connectivity index (χ4v) is 1.76. The summed E-state index contributed by atoms with van der Waals surface area (Å²) in [5.74, 6) is 0. The third-order valence-electron chi connectivity index (χ3n) is 0.689. The molecule has 0 aliphatic carbocycles. The second-order valence-electron chi connectivity index (χ2n) is 1.59. The minimum atomic E-state index is -4.86. The summed E-state index contributed by atoms with van der Waals surface area (Å²) < 4.78 is 20.1. The van der Waals surface area contributed by atoms with E-state index in [0.717, 1.165) is 0 Å². The Balaban J connectivity index is 4.56. The summed E-state index contributed by atoms with van der Waals surface area (Å²) in [6.07, 6.45) is 0. The number of hydrogen-bond acceptors (Lipinski definition) is 2. The third kappa shape index (κ3) is 2.97. The van der Waals surface area contributed by atoms with Gasteiger partial charge in [0.05, 0.1) is 0 Å². The van der Waals surface area contributed by atoms with E-state index in [4.69, 9.17) is 19.6 Å². The molecule has 4 N–H and O–H groups in total. The zero-order valence-corrected chi connectivity index (χ0v) is 6.44. The lowest BCUT2D eigenvalue weighted by molar-refractivity contribution is 0.351. The van der Waals surface area contributed by atoms with Gasteiger partial charge in [0.1, 0.15) is 13.1 Å². The van der Waals surface area contributed by atoms with Crippen molar-refractivity contribution in [2.24, 2.45) is 0 Å². The molecule has 58 valence electrons. The van der Waals surface area contributed by atoms with E-state index in [1.54, 1.807) is 0 Å². The summed E-state index contributed by atoms with van der Waals surface area (Å²) in [5, 5.41) is -2.40. The Kier molecular flexibility index (Phi) is 2.88. The monoisotopic (exact) mass is 186 g/mol. The van der Waals surface area contributed by atoms with Gasteiger partial charge in [-0.2, -0.15) is 0 Å². The van der Waals surface area contributed by atoms with Gasteiger partial charge in [0.2, 0.25) is 0 Å². The Bertz CT molecular complexity index is 178. The van der Waals surface area contributed by atoms with Crippen LogP contribution in [0.15, 0.2) is 0 Å². The van der Waals surface area contributed by atoms with Crippen molar-refractivity contribution >= 4 is 23.0 Å². The molecule has 0 aromatic rings. The first-order valence-electron chi connectivity index (χ1n) is 2.01. The molecule has 0 saturated heterocycles. The van der Waals surface area contributed by atoms with Crippen LogP contribution in [0.2, 0.25) is 0 Å². The Labute approximate surface area is 58.0 Å². The first-order chi connectivity index (χ1) is 4.15. The van der Waals surface area contributed by atoms with Crippen LogP contribution in [0.4, 0.5) is 0 Å². The smallest absolute Gasteiger partial charge is 0.324 e. The first kappa shape index (κ1) is 10.4. The molecular formula is CH5BO6P2. The van der Waals surface area contributed by atoms with Crippen molar-refractivity contribution in [1.82, 2.24) is 0 Å². The molecule has 0 atom stereocenters. The van der Waals surface area contributed by atoms with Crippen molar-refractivity contribution in [3.05, 3.63) is 0 Å². The zero-order valence-electron chi connectivity index (χ0n) is 4.65. The summed E-state index contributed by atoms with van der Waals surface area (Å²) >= 11 is 0. The maximum absolute atomic E-state index is 10.1. The highest BCUT2D eigenvalue weighted by Gasteiger charge is 2.37. The average Bonchev–Trinajstić information content (AvgIpc) is 1.59. The van der Waals surface area contributed by atoms with Crippen molar-refractivity contribution in [3.8, 4) is 0 Å². The SMILES string of the molecule is [B]C(P(=O)(O)O)P(=O)(O)O. The van der Waals surface area contributed by atoms with Gasteiger partial charge in [0.15, 0.2) is 0 Å². The van der Waals surface area contributed by atoms with Crippen LogP contribution in [-0.4, -0.2) is 32.7 Å². The number of hydrogen-bond donors (Lipinski definition) is 4. The van der Waals surface area contributed by atoms with Gasteiger partial charge in [-0.3, -0.25) is 9.13 Å². The standard InChI is InChI=1S/CH5BO6P2/c2-1(9(3,4)5)10(6,7)8/h1H,(H2,3,4,5)(H2,6,7,8). The highest BCUT2D eigenvalue weighted by molar-refractivity contribution is 7.73. The lowest BCUT2D eigenvalue weighted by Crippen LogP contribution is -2.07. The Morgan fingerprint density at radius 1 is 1.00 bits per heavy atom. The molecule has 0 saturated carbocycles. The van der Waals surface area contributed by atoms with Crippen molar-refractivity contribution in [3.63, 3.8) is 0 Å². The number of rotatable bonds is 2. The molecule has 0 bridgehead atoms. The van der Waals surface area contributed by atoms with Crippen LogP contribution in [0.1, 0.15) is 0 Å². The van der Waals surface area contributed by atoms with Gasteiger partial charge in [0.25, 0.3) is 0 Å². The molecular weight excluding hydrogens is 181 g/mol. The highest BCUT2D eigenvalue weighted by Crippen LogP contribution is 2.57. The third-order valence-corrected chi connectivity index (χ3v) is 3.87. The van der Waals surface area contributed by atoms with E-state index in [9.17, 15) is 9.13 Å². The normalized spacial score (nSPS) is 14.1. The molecule has 0 aromatic carbocycles. The molecule has 6 nitrogen and oxygen atoms in total. The first-order valence-corrected chi connectivity index (χ1v) is 5.38. The molecule has 0 fully saturated rings. The second-order valence-corrected chi connectivity index (χ2v) is 5.47. The average molecular weight is 186 g/mol. The Hall–Kier alpha value is 0.365. The zero-order chi connectivity index (χ0) is 8.58. The topological polar surface area (TPSA) is 115 Å². The van der Waals surface area contributed by atoms with Gasteiger partial charge in [0, 0.05) is 0 Å². The van der Waals surface area contributed by atoms with E-state index in [-0.39, 0.29) is 0 Å². The summed E-state index contributed by atoms with van der Waals surface area (Å²) in [4.78, 5) is 32.5. The minimum absolute atomic E-state index is 2.40. The fraction of sp³-hybridized carbons (Fsp3) is 1.00. The molecule has 0 heterocycles. The van der Waals surface area contributed by atoms with E-state index >= 15 is 0 Å². The minimum Gasteiger partial charge on any atom is -0.324 e. The highest BCUT2D eigenvalue weighted by atomic mass is 31.2. The molecule has 0 aromatic heterocycles. The van der Waals surface area contributed by atoms with E-state index in [1.165, 1.54) is 0 Å². The quantitative estimate of drug-likeness (QED) is 0.317. The van der Waals surface area contributed by atoms with Gasteiger partial charge >= 0.3 is 15.2 Å². The molecule has 0 aliphatic rings. The Morgan fingerprint density at radius 3 is 1.20 bits per heavy atom. The molecule has 0 aliphatic heterocycles. The van der Waals surface area contributed by atoms with Crippen molar-refractivity contribution in [2.75, 3.05) is 0 Å². The summed E-state index contributed by atoms with van der Waals surface area (Å²) in [6.45, 7) is 0. The molecule has 10 heavy (non-hydrogen) atoms. The summed E-state index contributed by atoms with van der Waals surface area (Å²) in [7, 11) is -5.23. The fourth-order valence-electron chi connectivity index (χ4n) is 0.196. The summed E-state index contributed by atoms with van der Waals surface area (Å²) in [6, 6.07) is 0. The van der Waals surface area contributed by atoms with Crippen LogP contribution >= 0.6 is 15.2 Å². The maximum Gasteiger partial charge on any atom is 0.331 e. The second kappa shape index (κ2) is 2.78. The Morgan fingerprint density at radius 2 is 1.20 bits per heavy atom.